The van der Waals surface area contributed by atoms with E-state index < -0.39 is 7.05 Å². The molecule has 3 nitrogen and oxygen atoms in total. The van der Waals surface area contributed by atoms with Crippen molar-refractivity contribution in [1.29, 1.82) is 0 Å². The summed E-state index contributed by atoms with van der Waals surface area (Å²) in [7, 11) is 1.41. The van der Waals surface area contributed by atoms with Crippen LogP contribution in [0.1, 0.15) is 0 Å². The summed E-state index contributed by atoms with van der Waals surface area (Å²) in [5, 5.41) is 14.1. The normalized spacial score (nSPS) is 9.00. The Morgan fingerprint density at radius 1 is 1.71 bits per heavy atom. The third kappa shape index (κ3) is 5.94. The van der Waals surface area contributed by atoms with Crippen molar-refractivity contribution < 1.29 is 5.02 Å². The Balaban J connectivity index is 2.68. The van der Waals surface area contributed by atoms with Gasteiger partial charge in [0.1, 0.15) is 0 Å². The van der Waals surface area contributed by atoms with Gasteiger partial charge in [-0.3, -0.25) is 0 Å². The van der Waals surface area contributed by atoms with Gasteiger partial charge in [-0.1, -0.05) is 0 Å². The van der Waals surface area contributed by atoms with Crippen LogP contribution in [0.5, 0.6) is 0 Å². The summed E-state index contributed by atoms with van der Waals surface area (Å²) in [6.45, 7) is 2.33. The molecule has 3 N–H and O–H groups in total. The van der Waals surface area contributed by atoms with Crippen LogP contribution in [0, 0.1) is 0 Å². The molecule has 0 aliphatic heterocycles. The van der Waals surface area contributed by atoms with Gasteiger partial charge in [0.2, 0.25) is 0 Å². The Kier molecular flexibility index (Phi) is 4.08. The predicted molar refractivity (Wildman–Crippen MR) is 30.9 cm³/mol. The van der Waals surface area contributed by atoms with Gasteiger partial charge in [0, 0.05) is 6.67 Å². The minimum absolute atomic E-state index is 0.410. The van der Waals surface area contributed by atoms with E-state index in [1.807, 2.05) is 7.05 Å². The van der Waals surface area contributed by atoms with Crippen molar-refractivity contribution in [2.45, 2.75) is 6.82 Å². The third-order valence-electron chi connectivity index (χ3n) is 0.574. The van der Waals surface area contributed by atoms with Crippen LogP contribution in [-0.2, 0) is 0 Å². The van der Waals surface area contributed by atoms with E-state index in [0.717, 1.165) is 0 Å². The van der Waals surface area contributed by atoms with E-state index in [9.17, 15) is 0 Å². The standard InChI is InChI=1S/C3H11BN2O/c1-4(7)6-3-5-2/h5-7H,3H2,1-2H3. The van der Waals surface area contributed by atoms with Gasteiger partial charge in [-0.25, -0.2) is 0 Å². The van der Waals surface area contributed by atoms with E-state index in [1.165, 1.54) is 0 Å². The van der Waals surface area contributed by atoms with Crippen LogP contribution < -0.4 is 10.5 Å². The van der Waals surface area contributed by atoms with Crippen molar-refractivity contribution in [2.24, 2.45) is 0 Å². The van der Waals surface area contributed by atoms with Gasteiger partial charge in [0.05, 0.1) is 0 Å². The Hall–Kier alpha value is -0.0551. The lowest BCUT2D eigenvalue weighted by atomic mass is 9.90. The molecule has 4 heteroatoms. The minimum atomic E-state index is -0.410. The molecule has 0 spiro atoms. The molecule has 42 valence electrons. The first-order chi connectivity index (χ1) is 3.27. The number of rotatable bonds is 3. The maximum absolute atomic E-state index is 8.53. The monoisotopic (exact) mass is 102 g/mol. The first-order valence-corrected chi connectivity index (χ1v) is 2.33. The summed E-state index contributed by atoms with van der Waals surface area (Å²) in [5.74, 6) is 0. The highest BCUT2D eigenvalue weighted by Crippen LogP contribution is 1.58. The van der Waals surface area contributed by atoms with Gasteiger partial charge in [-0.2, -0.15) is 0 Å². The van der Waals surface area contributed by atoms with Crippen LogP contribution in [-0.4, -0.2) is 25.8 Å². The Bertz CT molecular complexity index is 41.9. The summed E-state index contributed by atoms with van der Waals surface area (Å²) >= 11 is 0. The van der Waals surface area contributed by atoms with Crippen LogP contribution in [0.3, 0.4) is 0 Å². The second kappa shape index (κ2) is 4.11. The van der Waals surface area contributed by atoms with Crippen molar-refractivity contribution >= 4 is 7.05 Å². The number of nitrogens with one attached hydrogen (secondary N) is 2. The van der Waals surface area contributed by atoms with Crippen molar-refractivity contribution in [3.63, 3.8) is 0 Å². The maximum atomic E-state index is 8.53. The summed E-state index contributed by atoms with van der Waals surface area (Å²) in [4.78, 5) is 0. The van der Waals surface area contributed by atoms with Crippen molar-refractivity contribution in [3.8, 4) is 0 Å². The van der Waals surface area contributed by atoms with Gasteiger partial charge in [0.25, 0.3) is 0 Å². The molecule has 0 aromatic heterocycles. The van der Waals surface area contributed by atoms with Gasteiger partial charge in [-0.15, -0.1) is 0 Å². The fourth-order valence-corrected chi connectivity index (χ4v) is 0.250. The number of hydrogen-bond donors (Lipinski definition) is 3. The largest absolute Gasteiger partial charge is 0.437 e. The quantitative estimate of drug-likeness (QED) is 0.312. The molecule has 0 aromatic rings. The molecule has 0 saturated heterocycles. The average molecular weight is 102 g/mol. The second-order valence-corrected chi connectivity index (χ2v) is 1.41. The molecule has 0 saturated carbocycles. The molecule has 0 aliphatic rings. The molecule has 0 aliphatic carbocycles. The van der Waals surface area contributed by atoms with Gasteiger partial charge in [0.15, 0.2) is 0 Å². The highest BCUT2D eigenvalue weighted by molar-refractivity contribution is 6.45. The summed E-state index contributed by atoms with van der Waals surface area (Å²) < 4.78 is 0. The summed E-state index contributed by atoms with van der Waals surface area (Å²) in [5.41, 5.74) is 0. The van der Waals surface area contributed by atoms with Crippen LogP contribution in [0.25, 0.3) is 0 Å². The zero-order chi connectivity index (χ0) is 5.70. The van der Waals surface area contributed by atoms with E-state index in [0.29, 0.717) is 6.67 Å². The molecule has 0 radical (unpaired) electrons. The lowest BCUT2D eigenvalue weighted by molar-refractivity contribution is 0.548. The maximum Gasteiger partial charge on any atom is 0.374 e. The summed E-state index contributed by atoms with van der Waals surface area (Å²) in [6.07, 6.45) is 0. The topological polar surface area (TPSA) is 44.3 Å². The molecule has 0 unspecified atom stereocenters. The minimum Gasteiger partial charge on any atom is -0.437 e. The molecule has 0 aromatic carbocycles. The lowest BCUT2D eigenvalue weighted by Crippen LogP contribution is -2.36. The fourth-order valence-electron chi connectivity index (χ4n) is 0.250. The molecule has 0 fully saturated rings. The molecule has 0 rings (SSSR count). The summed E-state index contributed by atoms with van der Waals surface area (Å²) in [6, 6.07) is 0. The Morgan fingerprint density at radius 2 is 2.29 bits per heavy atom. The molecule has 7 heavy (non-hydrogen) atoms. The van der Waals surface area contributed by atoms with Crippen LogP contribution in [0.15, 0.2) is 0 Å². The van der Waals surface area contributed by atoms with Crippen LogP contribution in [0.2, 0.25) is 6.82 Å². The zero-order valence-electron chi connectivity index (χ0n) is 4.73. The van der Waals surface area contributed by atoms with Crippen LogP contribution >= 0.6 is 0 Å². The SMILES string of the molecule is CNCNB(C)O. The molecule has 0 heterocycles. The molecule has 0 amide bonds. The zero-order valence-corrected chi connectivity index (χ0v) is 4.73. The van der Waals surface area contributed by atoms with Crippen molar-refractivity contribution in [1.82, 2.24) is 10.5 Å². The van der Waals surface area contributed by atoms with E-state index in [1.54, 1.807) is 6.82 Å². The average Bonchev–Trinajstić information content (AvgIpc) is 1.61. The van der Waals surface area contributed by atoms with Crippen molar-refractivity contribution in [3.05, 3.63) is 0 Å². The first kappa shape index (κ1) is 6.94. The fraction of sp³-hybridized carbons (Fsp3) is 1.00. The van der Waals surface area contributed by atoms with E-state index >= 15 is 0 Å². The van der Waals surface area contributed by atoms with E-state index in [-0.39, 0.29) is 0 Å². The lowest BCUT2D eigenvalue weighted by Gasteiger charge is -1.99. The van der Waals surface area contributed by atoms with Crippen LogP contribution in [0.4, 0.5) is 0 Å². The van der Waals surface area contributed by atoms with Gasteiger partial charge >= 0.3 is 7.05 Å². The van der Waals surface area contributed by atoms with Gasteiger partial charge in [-0.05, 0) is 13.9 Å². The Morgan fingerprint density at radius 3 is 2.43 bits per heavy atom. The molecular weight excluding hydrogens is 90.9 g/mol. The first-order valence-electron chi connectivity index (χ1n) is 2.33. The smallest absolute Gasteiger partial charge is 0.374 e. The van der Waals surface area contributed by atoms with Gasteiger partial charge < -0.3 is 15.6 Å². The second-order valence-electron chi connectivity index (χ2n) is 1.41. The van der Waals surface area contributed by atoms with Crippen molar-refractivity contribution in [2.75, 3.05) is 13.7 Å². The Labute approximate surface area is 44.2 Å². The highest BCUT2D eigenvalue weighted by atomic mass is 16.2. The third-order valence-corrected chi connectivity index (χ3v) is 0.574. The van der Waals surface area contributed by atoms with E-state index in [2.05, 4.69) is 10.5 Å². The molecule has 0 atom stereocenters. The van der Waals surface area contributed by atoms with E-state index in [4.69, 9.17) is 5.02 Å². The molecular formula is C3H11BN2O. The predicted octanol–water partition coefficient (Wildman–Crippen LogP) is -1.14. The molecule has 0 bridgehead atoms. The highest BCUT2D eigenvalue weighted by Gasteiger charge is 1.95. The number of hydrogen-bond acceptors (Lipinski definition) is 3.